The maximum atomic E-state index is 9.73. The smallest absolute Gasteiger partial charge is 0.122 e. The topological polar surface area (TPSA) is 51.5 Å². The highest BCUT2D eigenvalue weighted by Gasteiger charge is 2.47. The van der Waals surface area contributed by atoms with Crippen LogP contribution in [0.1, 0.15) is 26.2 Å². The molecular formula is C16H28N4O. The molecule has 0 aromatic rings. The van der Waals surface area contributed by atoms with Crippen LogP contribution in [0.5, 0.6) is 0 Å². The van der Waals surface area contributed by atoms with Gasteiger partial charge in [0, 0.05) is 32.2 Å². The predicted molar refractivity (Wildman–Crippen MR) is 82.0 cm³/mol. The number of nitrogens with zero attached hydrogens (tertiary/aromatic N) is 3. The quantitative estimate of drug-likeness (QED) is 0.780. The third-order valence-corrected chi connectivity index (χ3v) is 5.25. The zero-order valence-electron chi connectivity index (χ0n) is 13.2. The van der Waals surface area contributed by atoms with Crippen LogP contribution in [0.3, 0.4) is 0 Å². The molecule has 0 amide bonds. The van der Waals surface area contributed by atoms with Crippen molar-refractivity contribution in [3.63, 3.8) is 0 Å². The molecule has 2 aliphatic heterocycles. The first-order chi connectivity index (χ1) is 10.3. The fourth-order valence-corrected chi connectivity index (χ4v) is 3.94. The van der Waals surface area contributed by atoms with Gasteiger partial charge in [0.1, 0.15) is 5.54 Å². The van der Waals surface area contributed by atoms with Gasteiger partial charge in [-0.3, -0.25) is 15.1 Å². The maximum Gasteiger partial charge on any atom is 0.122 e. The van der Waals surface area contributed by atoms with E-state index in [4.69, 9.17) is 4.74 Å². The molecule has 3 aliphatic rings. The van der Waals surface area contributed by atoms with Crippen LogP contribution in [0, 0.1) is 17.2 Å². The van der Waals surface area contributed by atoms with E-state index in [2.05, 4.69) is 28.1 Å². The molecule has 21 heavy (non-hydrogen) atoms. The van der Waals surface area contributed by atoms with Gasteiger partial charge in [-0.25, -0.2) is 0 Å². The first-order valence-electron chi connectivity index (χ1n) is 8.48. The van der Waals surface area contributed by atoms with Crippen molar-refractivity contribution in [3.8, 4) is 6.07 Å². The van der Waals surface area contributed by atoms with Crippen LogP contribution in [0.4, 0.5) is 0 Å². The van der Waals surface area contributed by atoms with Crippen LogP contribution < -0.4 is 5.32 Å². The highest BCUT2D eigenvalue weighted by atomic mass is 16.5. The lowest BCUT2D eigenvalue weighted by Crippen LogP contribution is -2.54. The van der Waals surface area contributed by atoms with Gasteiger partial charge in [0.15, 0.2) is 0 Å². The van der Waals surface area contributed by atoms with Crippen molar-refractivity contribution in [3.05, 3.63) is 0 Å². The van der Waals surface area contributed by atoms with Gasteiger partial charge in [-0.2, -0.15) is 5.26 Å². The molecule has 2 unspecified atom stereocenters. The Labute approximate surface area is 128 Å². The third-order valence-electron chi connectivity index (χ3n) is 5.25. The molecule has 0 spiro atoms. The van der Waals surface area contributed by atoms with E-state index >= 15 is 0 Å². The van der Waals surface area contributed by atoms with Crippen LogP contribution in [0.2, 0.25) is 0 Å². The molecule has 2 atom stereocenters. The first-order valence-corrected chi connectivity index (χ1v) is 8.48. The zero-order chi connectivity index (χ0) is 14.7. The lowest BCUT2D eigenvalue weighted by molar-refractivity contribution is 0.0181. The molecule has 5 nitrogen and oxygen atoms in total. The van der Waals surface area contributed by atoms with E-state index in [0.717, 1.165) is 52.5 Å². The van der Waals surface area contributed by atoms with Gasteiger partial charge in [-0.1, -0.05) is 6.92 Å². The maximum absolute atomic E-state index is 9.73. The van der Waals surface area contributed by atoms with Gasteiger partial charge < -0.3 is 4.74 Å². The van der Waals surface area contributed by atoms with Crippen LogP contribution >= 0.6 is 0 Å². The van der Waals surface area contributed by atoms with E-state index in [1.807, 2.05) is 0 Å². The Bertz CT molecular complexity index is 386. The number of nitrogens with one attached hydrogen (secondary N) is 1. The van der Waals surface area contributed by atoms with Gasteiger partial charge >= 0.3 is 0 Å². The summed E-state index contributed by atoms with van der Waals surface area (Å²) < 4.78 is 5.45. The summed E-state index contributed by atoms with van der Waals surface area (Å²) in [6.45, 7) is 10.00. The third kappa shape index (κ3) is 3.40. The van der Waals surface area contributed by atoms with Crippen LogP contribution in [-0.4, -0.2) is 73.9 Å². The van der Waals surface area contributed by atoms with Gasteiger partial charge in [-0.15, -0.1) is 0 Å². The van der Waals surface area contributed by atoms with Crippen molar-refractivity contribution in [2.24, 2.45) is 5.92 Å². The number of ether oxygens (including phenoxy) is 1. The summed E-state index contributed by atoms with van der Waals surface area (Å²) in [5, 5.41) is 13.2. The molecule has 0 aromatic heterocycles. The predicted octanol–water partition coefficient (Wildman–Crippen LogP) is 0.675. The number of rotatable bonds is 6. The Morgan fingerprint density at radius 1 is 1.24 bits per heavy atom. The molecule has 0 aromatic carbocycles. The number of hydrogen-bond donors (Lipinski definition) is 1. The van der Waals surface area contributed by atoms with Crippen molar-refractivity contribution in [1.82, 2.24) is 15.1 Å². The van der Waals surface area contributed by atoms with Gasteiger partial charge in [-0.05, 0) is 38.3 Å². The highest BCUT2D eigenvalue weighted by Crippen LogP contribution is 2.40. The van der Waals surface area contributed by atoms with E-state index in [1.165, 1.54) is 19.3 Å². The van der Waals surface area contributed by atoms with Crippen molar-refractivity contribution < 1.29 is 4.74 Å². The average Bonchev–Trinajstić information content (AvgIpc) is 3.28. The van der Waals surface area contributed by atoms with Crippen molar-refractivity contribution in [1.29, 1.82) is 5.26 Å². The van der Waals surface area contributed by atoms with Crippen molar-refractivity contribution >= 4 is 0 Å². The summed E-state index contributed by atoms with van der Waals surface area (Å²) in [7, 11) is 0. The zero-order valence-corrected chi connectivity index (χ0v) is 13.2. The number of morpholine rings is 1. The number of likely N-dealkylation sites (N-methyl/N-ethyl adjacent to an activating group) is 1. The lowest BCUT2D eigenvalue weighted by atomic mass is 9.94. The molecule has 1 aliphatic carbocycles. The number of likely N-dealkylation sites (tertiary alicyclic amines) is 1. The fraction of sp³-hybridized carbons (Fsp3) is 0.938. The average molecular weight is 292 g/mol. The Balaban J connectivity index is 1.56. The molecule has 118 valence electrons. The summed E-state index contributed by atoms with van der Waals surface area (Å²) in [5.41, 5.74) is -0.311. The highest BCUT2D eigenvalue weighted by molar-refractivity contribution is 5.17. The molecule has 2 heterocycles. The molecule has 2 saturated heterocycles. The minimum absolute atomic E-state index is 0.311. The van der Waals surface area contributed by atoms with Crippen LogP contribution in [0.15, 0.2) is 0 Å². The summed E-state index contributed by atoms with van der Waals surface area (Å²) in [6, 6.07) is 3.27. The molecule has 1 N–H and O–H groups in total. The Morgan fingerprint density at radius 3 is 2.62 bits per heavy atom. The van der Waals surface area contributed by atoms with E-state index in [9.17, 15) is 5.26 Å². The molecule has 5 heteroatoms. The van der Waals surface area contributed by atoms with Gasteiger partial charge in [0.2, 0.25) is 0 Å². The molecule has 3 fully saturated rings. The standard InChI is InChI=1S/C16H28N4O/c1-2-18-16(12-17,14-3-4-14)13-19-6-5-15(11-19)20-7-9-21-10-8-20/h14-15,18H,2-11,13H2,1H3. The molecule has 1 saturated carbocycles. The fourth-order valence-electron chi connectivity index (χ4n) is 3.94. The van der Waals surface area contributed by atoms with E-state index in [0.29, 0.717) is 12.0 Å². The largest absolute Gasteiger partial charge is 0.379 e. The minimum atomic E-state index is -0.311. The Hall–Kier alpha value is -0.670. The second kappa shape index (κ2) is 6.62. The van der Waals surface area contributed by atoms with E-state index in [1.54, 1.807) is 0 Å². The molecule has 0 bridgehead atoms. The molecular weight excluding hydrogens is 264 g/mol. The Morgan fingerprint density at radius 2 is 2.00 bits per heavy atom. The van der Waals surface area contributed by atoms with Crippen LogP contribution in [-0.2, 0) is 4.74 Å². The minimum Gasteiger partial charge on any atom is -0.379 e. The van der Waals surface area contributed by atoms with Crippen LogP contribution in [0.25, 0.3) is 0 Å². The summed E-state index contributed by atoms with van der Waals surface area (Å²) in [6.07, 6.45) is 3.65. The summed E-state index contributed by atoms with van der Waals surface area (Å²) in [4.78, 5) is 5.08. The van der Waals surface area contributed by atoms with Crippen molar-refractivity contribution in [2.45, 2.75) is 37.8 Å². The number of hydrogen-bond acceptors (Lipinski definition) is 5. The Kier molecular flexibility index (Phi) is 4.80. The second-order valence-corrected chi connectivity index (χ2v) is 6.71. The summed E-state index contributed by atoms with van der Waals surface area (Å²) in [5.74, 6) is 0.560. The summed E-state index contributed by atoms with van der Waals surface area (Å²) >= 11 is 0. The van der Waals surface area contributed by atoms with Gasteiger partial charge in [0.25, 0.3) is 0 Å². The normalized spacial score (nSPS) is 31.0. The number of nitriles is 1. The van der Waals surface area contributed by atoms with E-state index < -0.39 is 0 Å². The first kappa shape index (κ1) is 15.2. The second-order valence-electron chi connectivity index (χ2n) is 6.71. The molecule has 0 radical (unpaired) electrons. The van der Waals surface area contributed by atoms with Gasteiger partial charge in [0.05, 0.1) is 19.3 Å². The van der Waals surface area contributed by atoms with E-state index in [-0.39, 0.29) is 5.54 Å². The van der Waals surface area contributed by atoms with Crippen molar-refractivity contribution in [2.75, 3.05) is 52.5 Å². The monoisotopic (exact) mass is 292 g/mol. The SMILES string of the molecule is CCNC(C#N)(CN1CCC(N2CCOCC2)C1)C1CC1. The lowest BCUT2D eigenvalue weighted by Gasteiger charge is -2.34. The molecule has 3 rings (SSSR count).